The zero-order valence-electron chi connectivity index (χ0n) is 13.2. The Kier molecular flexibility index (Phi) is 4.18. The fourth-order valence-electron chi connectivity index (χ4n) is 3.16. The van der Waals surface area contributed by atoms with E-state index < -0.39 is 0 Å². The molecule has 2 aromatic heterocycles. The SMILES string of the molecule is Fc1cc(CN2CCO[C@H](Cn3cncn3)C2)c2ncccc2c1. The molecule has 4 rings (SSSR count). The Morgan fingerprint density at radius 2 is 2.29 bits per heavy atom. The minimum absolute atomic E-state index is 0.0493. The predicted octanol–water partition coefficient (Wildman–Crippen LogP) is 1.87. The number of fused-ring (bicyclic) bond motifs is 1. The Labute approximate surface area is 138 Å². The molecule has 6 nitrogen and oxygen atoms in total. The largest absolute Gasteiger partial charge is 0.374 e. The summed E-state index contributed by atoms with van der Waals surface area (Å²) in [4.78, 5) is 10.6. The summed E-state index contributed by atoms with van der Waals surface area (Å²) >= 11 is 0. The van der Waals surface area contributed by atoms with Gasteiger partial charge >= 0.3 is 0 Å². The molecule has 3 aromatic rings. The lowest BCUT2D eigenvalue weighted by Gasteiger charge is -2.33. The van der Waals surface area contributed by atoms with Gasteiger partial charge in [-0.25, -0.2) is 9.37 Å². The first-order valence-corrected chi connectivity index (χ1v) is 7.97. The number of ether oxygens (including phenoxy) is 1. The molecule has 0 unspecified atom stereocenters. The van der Waals surface area contributed by atoms with E-state index in [0.717, 1.165) is 29.6 Å². The van der Waals surface area contributed by atoms with Crippen LogP contribution < -0.4 is 0 Å². The average Bonchev–Trinajstić information content (AvgIpc) is 3.08. The maximum atomic E-state index is 13.9. The van der Waals surface area contributed by atoms with Gasteiger partial charge in [0.1, 0.15) is 18.5 Å². The Morgan fingerprint density at radius 3 is 3.17 bits per heavy atom. The number of aromatic nitrogens is 4. The quantitative estimate of drug-likeness (QED) is 0.732. The summed E-state index contributed by atoms with van der Waals surface area (Å²) < 4.78 is 21.5. The van der Waals surface area contributed by atoms with Gasteiger partial charge in [0.2, 0.25) is 0 Å². The van der Waals surface area contributed by atoms with Crippen LogP contribution in [0.3, 0.4) is 0 Å². The summed E-state index contributed by atoms with van der Waals surface area (Å²) in [5.41, 5.74) is 1.77. The van der Waals surface area contributed by atoms with E-state index in [1.807, 2.05) is 12.1 Å². The van der Waals surface area contributed by atoms with Crippen LogP contribution in [-0.4, -0.2) is 50.4 Å². The molecule has 124 valence electrons. The van der Waals surface area contributed by atoms with Crippen LogP contribution in [0.1, 0.15) is 5.56 Å². The molecule has 0 saturated carbocycles. The number of pyridine rings is 1. The first-order chi connectivity index (χ1) is 11.8. The van der Waals surface area contributed by atoms with Crippen LogP contribution in [0.5, 0.6) is 0 Å². The molecule has 1 aliphatic rings. The Balaban J connectivity index is 1.50. The van der Waals surface area contributed by atoms with Gasteiger partial charge in [0.15, 0.2) is 0 Å². The van der Waals surface area contributed by atoms with E-state index in [9.17, 15) is 4.39 Å². The summed E-state index contributed by atoms with van der Waals surface area (Å²) in [7, 11) is 0. The van der Waals surface area contributed by atoms with Crippen molar-refractivity contribution in [1.29, 1.82) is 0 Å². The van der Waals surface area contributed by atoms with Gasteiger partial charge in [0, 0.05) is 31.2 Å². The third kappa shape index (κ3) is 3.27. The lowest BCUT2D eigenvalue weighted by Crippen LogP contribution is -2.43. The zero-order chi connectivity index (χ0) is 16.4. The van der Waals surface area contributed by atoms with Crippen LogP contribution >= 0.6 is 0 Å². The summed E-state index contributed by atoms with van der Waals surface area (Å²) in [6.45, 7) is 3.56. The third-order valence-electron chi connectivity index (χ3n) is 4.22. The van der Waals surface area contributed by atoms with Gasteiger partial charge in [-0.05, 0) is 23.8 Å². The molecule has 1 atom stereocenters. The molecule has 3 heterocycles. The number of benzene rings is 1. The minimum Gasteiger partial charge on any atom is -0.374 e. The molecule has 1 aliphatic heterocycles. The fraction of sp³-hybridized carbons (Fsp3) is 0.353. The molecule has 1 aromatic carbocycles. The summed E-state index contributed by atoms with van der Waals surface area (Å²) in [6.07, 6.45) is 5.00. The number of halogens is 1. The monoisotopic (exact) mass is 327 g/mol. The van der Waals surface area contributed by atoms with Crippen LogP contribution in [0, 0.1) is 5.82 Å². The van der Waals surface area contributed by atoms with E-state index in [4.69, 9.17) is 4.74 Å². The standard InChI is InChI=1S/C17H18FN5O/c18-15-6-13-2-1-3-20-17(13)14(7-15)8-22-4-5-24-16(9-22)10-23-12-19-11-21-23/h1-3,6-7,11-12,16H,4-5,8-10H2/t16-/m0/s1. The van der Waals surface area contributed by atoms with E-state index in [0.29, 0.717) is 19.7 Å². The molecule has 0 N–H and O–H groups in total. The van der Waals surface area contributed by atoms with E-state index in [1.54, 1.807) is 23.3 Å². The first kappa shape index (κ1) is 15.2. The van der Waals surface area contributed by atoms with Crippen LogP contribution in [0.4, 0.5) is 4.39 Å². The van der Waals surface area contributed by atoms with Crippen molar-refractivity contribution in [3.05, 3.63) is 54.5 Å². The molecule has 0 aliphatic carbocycles. The Bertz CT molecular complexity index is 823. The van der Waals surface area contributed by atoms with Gasteiger partial charge in [0.25, 0.3) is 0 Å². The lowest BCUT2D eigenvalue weighted by atomic mass is 10.1. The van der Waals surface area contributed by atoms with Gasteiger partial charge in [-0.3, -0.25) is 14.6 Å². The number of rotatable bonds is 4. The second kappa shape index (κ2) is 6.62. The molecular weight excluding hydrogens is 309 g/mol. The van der Waals surface area contributed by atoms with Gasteiger partial charge in [-0.1, -0.05) is 6.07 Å². The summed E-state index contributed by atoms with van der Waals surface area (Å²) in [5, 5.41) is 4.95. The maximum Gasteiger partial charge on any atom is 0.137 e. The minimum atomic E-state index is -0.224. The van der Waals surface area contributed by atoms with E-state index in [1.165, 1.54) is 12.4 Å². The highest BCUT2D eigenvalue weighted by Crippen LogP contribution is 2.21. The predicted molar refractivity (Wildman–Crippen MR) is 86.7 cm³/mol. The molecule has 0 spiro atoms. The van der Waals surface area contributed by atoms with Crippen molar-refractivity contribution < 1.29 is 9.13 Å². The van der Waals surface area contributed by atoms with Crippen LogP contribution in [0.2, 0.25) is 0 Å². The van der Waals surface area contributed by atoms with E-state index in [-0.39, 0.29) is 11.9 Å². The van der Waals surface area contributed by atoms with Crippen LogP contribution in [-0.2, 0) is 17.8 Å². The van der Waals surface area contributed by atoms with Crippen molar-refractivity contribution in [2.75, 3.05) is 19.7 Å². The molecule has 7 heteroatoms. The molecule has 0 radical (unpaired) electrons. The zero-order valence-corrected chi connectivity index (χ0v) is 13.2. The number of hydrogen-bond acceptors (Lipinski definition) is 5. The summed E-state index contributed by atoms with van der Waals surface area (Å²) in [6, 6.07) is 6.83. The van der Waals surface area contributed by atoms with E-state index >= 15 is 0 Å². The highest BCUT2D eigenvalue weighted by Gasteiger charge is 2.22. The molecule has 0 bridgehead atoms. The topological polar surface area (TPSA) is 56.1 Å². The third-order valence-corrected chi connectivity index (χ3v) is 4.22. The second-order valence-electron chi connectivity index (χ2n) is 5.99. The highest BCUT2D eigenvalue weighted by molar-refractivity contribution is 5.81. The molecular formula is C17H18FN5O. The fourth-order valence-corrected chi connectivity index (χ4v) is 3.16. The van der Waals surface area contributed by atoms with E-state index in [2.05, 4.69) is 20.0 Å². The molecule has 1 saturated heterocycles. The van der Waals surface area contributed by atoms with Crippen molar-refractivity contribution >= 4 is 10.9 Å². The molecule has 0 amide bonds. The van der Waals surface area contributed by atoms with Crippen LogP contribution in [0.15, 0.2) is 43.1 Å². The van der Waals surface area contributed by atoms with Crippen molar-refractivity contribution in [3.8, 4) is 0 Å². The smallest absolute Gasteiger partial charge is 0.137 e. The Morgan fingerprint density at radius 1 is 1.33 bits per heavy atom. The average molecular weight is 327 g/mol. The molecule has 1 fully saturated rings. The van der Waals surface area contributed by atoms with Gasteiger partial charge in [-0.2, -0.15) is 5.10 Å². The van der Waals surface area contributed by atoms with Gasteiger partial charge in [0.05, 0.1) is 24.8 Å². The second-order valence-corrected chi connectivity index (χ2v) is 5.99. The van der Waals surface area contributed by atoms with Crippen molar-refractivity contribution in [2.45, 2.75) is 19.2 Å². The van der Waals surface area contributed by atoms with Crippen molar-refractivity contribution in [2.24, 2.45) is 0 Å². The van der Waals surface area contributed by atoms with Crippen molar-refractivity contribution in [3.63, 3.8) is 0 Å². The molecule has 24 heavy (non-hydrogen) atoms. The Hall–Kier alpha value is -2.38. The van der Waals surface area contributed by atoms with Gasteiger partial charge < -0.3 is 4.74 Å². The number of nitrogens with zero attached hydrogens (tertiary/aromatic N) is 5. The van der Waals surface area contributed by atoms with Crippen LogP contribution in [0.25, 0.3) is 10.9 Å². The first-order valence-electron chi connectivity index (χ1n) is 7.97. The highest BCUT2D eigenvalue weighted by atomic mass is 19.1. The number of morpholine rings is 1. The van der Waals surface area contributed by atoms with Crippen molar-refractivity contribution in [1.82, 2.24) is 24.6 Å². The number of hydrogen-bond donors (Lipinski definition) is 0. The van der Waals surface area contributed by atoms with Gasteiger partial charge in [-0.15, -0.1) is 0 Å². The maximum absolute atomic E-state index is 13.9. The normalized spacial score (nSPS) is 19.0. The summed E-state index contributed by atoms with van der Waals surface area (Å²) in [5.74, 6) is -0.224. The lowest BCUT2D eigenvalue weighted by molar-refractivity contribution is -0.0401.